The minimum absolute atomic E-state index is 0.186. The van der Waals surface area contributed by atoms with Gasteiger partial charge in [-0.15, -0.1) is 0 Å². The molecule has 0 N–H and O–H groups in total. The first-order valence-electron chi connectivity index (χ1n) is 5.30. The molecular weight excluding hydrogens is 252 g/mol. The molecule has 0 aliphatic heterocycles. The van der Waals surface area contributed by atoms with Crippen LogP contribution in [0.1, 0.15) is 21.6 Å². The van der Waals surface area contributed by atoms with Gasteiger partial charge >= 0.3 is 0 Å². The number of ketones is 1. The maximum atomic E-state index is 12.4. The van der Waals surface area contributed by atoms with Gasteiger partial charge in [-0.05, 0) is 18.6 Å². The van der Waals surface area contributed by atoms with Crippen molar-refractivity contribution in [3.8, 4) is 5.88 Å². The van der Waals surface area contributed by atoms with Crippen LogP contribution in [-0.4, -0.2) is 22.9 Å². The van der Waals surface area contributed by atoms with E-state index in [1.54, 1.807) is 25.1 Å². The number of halogens is 1. The fraction of sp³-hybridized carbons (Fsp3) is 0.154. The molecule has 4 nitrogen and oxygen atoms in total. The quantitative estimate of drug-likeness (QED) is 0.798. The zero-order valence-electron chi connectivity index (χ0n) is 9.98. The average molecular weight is 263 g/mol. The minimum atomic E-state index is -0.250. The lowest BCUT2D eigenvalue weighted by atomic mass is 10.0. The van der Waals surface area contributed by atoms with Crippen LogP contribution in [0.2, 0.25) is 5.02 Å². The highest BCUT2D eigenvalue weighted by Crippen LogP contribution is 2.23. The summed E-state index contributed by atoms with van der Waals surface area (Å²) in [6.07, 6.45) is 2.93. The van der Waals surface area contributed by atoms with E-state index in [-0.39, 0.29) is 17.4 Å². The zero-order chi connectivity index (χ0) is 13.1. The summed E-state index contributed by atoms with van der Waals surface area (Å²) in [7, 11) is 1.45. The maximum absolute atomic E-state index is 12.4. The lowest BCUT2D eigenvalue weighted by Crippen LogP contribution is -2.09. The first-order chi connectivity index (χ1) is 8.65. The minimum Gasteiger partial charge on any atom is -0.479 e. The Balaban J connectivity index is 2.52. The molecule has 0 spiro atoms. The van der Waals surface area contributed by atoms with Gasteiger partial charge in [0.2, 0.25) is 11.7 Å². The predicted octanol–water partition coefficient (Wildman–Crippen LogP) is 2.68. The predicted molar refractivity (Wildman–Crippen MR) is 68.2 cm³/mol. The Hall–Kier alpha value is -1.94. The van der Waals surface area contributed by atoms with E-state index in [0.29, 0.717) is 10.6 Å². The summed E-state index contributed by atoms with van der Waals surface area (Å²) in [6.45, 7) is 1.79. The number of ether oxygens (including phenoxy) is 1. The van der Waals surface area contributed by atoms with Crippen LogP contribution in [0.5, 0.6) is 5.88 Å². The zero-order valence-corrected chi connectivity index (χ0v) is 10.7. The lowest BCUT2D eigenvalue weighted by Gasteiger charge is -2.08. The highest BCUT2D eigenvalue weighted by Gasteiger charge is 2.19. The third-order valence-corrected chi connectivity index (χ3v) is 2.99. The van der Waals surface area contributed by atoms with Gasteiger partial charge in [-0.25, -0.2) is 9.97 Å². The van der Waals surface area contributed by atoms with Crippen LogP contribution in [0, 0.1) is 6.92 Å². The molecule has 0 aliphatic rings. The standard InChI is InChI=1S/C13H11ClN2O2/c1-8-9(4-3-5-10(8)14)12(17)11-13(18-2)16-7-6-15-11/h3-7H,1-2H3. The van der Waals surface area contributed by atoms with Crippen LogP contribution >= 0.6 is 11.6 Å². The van der Waals surface area contributed by atoms with Gasteiger partial charge in [-0.2, -0.15) is 0 Å². The second kappa shape index (κ2) is 5.14. The largest absolute Gasteiger partial charge is 0.479 e. The number of rotatable bonds is 3. The van der Waals surface area contributed by atoms with Gasteiger partial charge in [0.15, 0.2) is 5.69 Å². The van der Waals surface area contributed by atoms with Crippen LogP contribution < -0.4 is 4.74 Å². The fourth-order valence-electron chi connectivity index (χ4n) is 1.61. The monoisotopic (exact) mass is 262 g/mol. The van der Waals surface area contributed by atoms with E-state index >= 15 is 0 Å². The molecule has 0 atom stereocenters. The number of hydrogen-bond acceptors (Lipinski definition) is 4. The van der Waals surface area contributed by atoms with Crippen molar-refractivity contribution in [2.45, 2.75) is 6.92 Å². The van der Waals surface area contributed by atoms with Gasteiger partial charge < -0.3 is 4.74 Å². The molecule has 0 bridgehead atoms. The van der Waals surface area contributed by atoms with Crippen molar-refractivity contribution in [3.63, 3.8) is 0 Å². The maximum Gasteiger partial charge on any atom is 0.243 e. The number of carbonyl (C=O) groups excluding carboxylic acids is 1. The van der Waals surface area contributed by atoms with Gasteiger partial charge in [0.05, 0.1) is 7.11 Å². The van der Waals surface area contributed by atoms with Crippen LogP contribution in [0.15, 0.2) is 30.6 Å². The summed E-state index contributed by atoms with van der Waals surface area (Å²) in [5, 5.41) is 0.545. The first kappa shape index (κ1) is 12.5. The van der Waals surface area contributed by atoms with E-state index in [0.717, 1.165) is 5.56 Å². The van der Waals surface area contributed by atoms with Crippen LogP contribution in [0.3, 0.4) is 0 Å². The molecule has 1 heterocycles. The van der Waals surface area contributed by atoms with Crippen molar-refractivity contribution in [1.82, 2.24) is 9.97 Å². The molecule has 1 aromatic carbocycles. The summed E-state index contributed by atoms with van der Waals surface area (Å²) in [6, 6.07) is 5.17. The van der Waals surface area contributed by atoms with E-state index in [2.05, 4.69) is 9.97 Å². The number of benzene rings is 1. The molecule has 0 fully saturated rings. The summed E-state index contributed by atoms with van der Waals surface area (Å²) >= 11 is 6.00. The Bertz CT molecular complexity index is 599. The summed E-state index contributed by atoms with van der Waals surface area (Å²) in [5.74, 6) is -0.0400. The molecule has 0 saturated heterocycles. The molecule has 5 heteroatoms. The van der Waals surface area contributed by atoms with E-state index in [1.807, 2.05) is 0 Å². The van der Waals surface area contributed by atoms with E-state index in [1.165, 1.54) is 19.5 Å². The number of nitrogens with zero attached hydrogens (tertiary/aromatic N) is 2. The van der Waals surface area contributed by atoms with E-state index < -0.39 is 0 Å². The van der Waals surface area contributed by atoms with Crippen LogP contribution in [-0.2, 0) is 0 Å². The highest BCUT2D eigenvalue weighted by molar-refractivity contribution is 6.32. The van der Waals surface area contributed by atoms with E-state index in [9.17, 15) is 4.79 Å². The molecule has 1 aromatic heterocycles. The van der Waals surface area contributed by atoms with Gasteiger partial charge in [0, 0.05) is 23.0 Å². The molecule has 18 heavy (non-hydrogen) atoms. The Labute approximate surface area is 110 Å². The smallest absolute Gasteiger partial charge is 0.243 e. The molecule has 0 aliphatic carbocycles. The summed E-state index contributed by atoms with van der Waals surface area (Å²) in [5.41, 5.74) is 1.41. The van der Waals surface area contributed by atoms with Crippen molar-refractivity contribution < 1.29 is 9.53 Å². The number of hydrogen-bond donors (Lipinski definition) is 0. The van der Waals surface area contributed by atoms with Crippen molar-refractivity contribution in [2.24, 2.45) is 0 Å². The Morgan fingerprint density at radius 3 is 2.72 bits per heavy atom. The Morgan fingerprint density at radius 2 is 2.00 bits per heavy atom. The Kier molecular flexibility index (Phi) is 3.58. The number of carbonyl (C=O) groups is 1. The van der Waals surface area contributed by atoms with Gasteiger partial charge in [0.1, 0.15) is 0 Å². The van der Waals surface area contributed by atoms with Crippen molar-refractivity contribution in [2.75, 3.05) is 7.11 Å². The SMILES string of the molecule is COc1nccnc1C(=O)c1cccc(Cl)c1C. The molecular formula is C13H11ClN2O2. The third-order valence-electron chi connectivity index (χ3n) is 2.59. The molecule has 92 valence electrons. The number of methoxy groups -OCH3 is 1. The third kappa shape index (κ3) is 2.19. The van der Waals surface area contributed by atoms with Gasteiger partial charge in [0.25, 0.3) is 0 Å². The Morgan fingerprint density at radius 1 is 1.28 bits per heavy atom. The normalized spacial score (nSPS) is 10.2. The fourth-order valence-corrected chi connectivity index (χ4v) is 1.79. The van der Waals surface area contributed by atoms with Crippen LogP contribution in [0.4, 0.5) is 0 Å². The van der Waals surface area contributed by atoms with Gasteiger partial charge in [-0.1, -0.05) is 23.7 Å². The highest BCUT2D eigenvalue weighted by atomic mass is 35.5. The van der Waals surface area contributed by atoms with Crippen LogP contribution in [0.25, 0.3) is 0 Å². The molecule has 0 unspecified atom stereocenters. The molecule has 0 saturated carbocycles. The van der Waals surface area contributed by atoms with Crippen molar-refractivity contribution >= 4 is 17.4 Å². The van der Waals surface area contributed by atoms with Crippen molar-refractivity contribution in [3.05, 3.63) is 52.4 Å². The van der Waals surface area contributed by atoms with E-state index in [4.69, 9.17) is 16.3 Å². The van der Waals surface area contributed by atoms with Crippen molar-refractivity contribution in [1.29, 1.82) is 0 Å². The first-order valence-corrected chi connectivity index (χ1v) is 5.67. The summed E-state index contributed by atoms with van der Waals surface area (Å²) < 4.78 is 5.03. The average Bonchev–Trinajstić information content (AvgIpc) is 2.41. The lowest BCUT2D eigenvalue weighted by molar-refractivity contribution is 0.103. The second-order valence-electron chi connectivity index (χ2n) is 3.66. The topological polar surface area (TPSA) is 52.1 Å². The second-order valence-corrected chi connectivity index (χ2v) is 4.06. The summed E-state index contributed by atoms with van der Waals surface area (Å²) in [4.78, 5) is 20.3. The molecule has 2 aromatic rings. The number of aromatic nitrogens is 2. The van der Waals surface area contributed by atoms with Gasteiger partial charge in [-0.3, -0.25) is 4.79 Å². The molecule has 0 amide bonds. The molecule has 0 radical (unpaired) electrons. The molecule has 2 rings (SSSR count).